The second-order valence-corrected chi connectivity index (χ2v) is 3.87. The Bertz CT molecular complexity index is 391. The van der Waals surface area contributed by atoms with E-state index in [1.54, 1.807) is 0 Å². The SMILES string of the molecule is CN(C)CCCn1nnc(C(N)=O)c1C(F)F. The monoisotopic (exact) mass is 247 g/mol. The van der Waals surface area contributed by atoms with E-state index in [0.717, 1.165) is 11.2 Å². The van der Waals surface area contributed by atoms with E-state index in [4.69, 9.17) is 5.73 Å². The highest BCUT2D eigenvalue weighted by Gasteiger charge is 2.24. The number of aryl methyl sites for hydroxylation is 1. The van der Waals surface area contributed by atoms with Crippen molar-refractivity contribution in [3.63, 3.8) is 0 Å². The number of carbonyl (C=O) groups is 1. The summed E-state index contributed by atoms with van der Waals surface area (Å²) in [6, 6.07) is 0. The highest BCUT2D eigenvalue weighted by atomic mass is 19.3. The van der Waals surface area contributed by atoms with Crippen molar-refractivity contribution < 1.29 is 13.6 Å². The summed E-state index contributed by atoms with van der Waals surface area (Å²) in [6.45, 7) is 1.01. The molecule has 0 atom stereocenters. The summed E-state index contributed by atoms with van der Waals surface area (Å²) in [6.07, 6.45) is -2.18. The van der Waals surface area contributed by atoms with Crippen LogP contribution in [0.2, 0.25) is 0 Å². The van der Waals surface area contributed by atoms with E-state index in [1.165, 1.54) is 0 Å². The van der Waals surface area contributed by atoms with Gasteiger partial charge in [-0.2, -0.15) is 0 Å². The van der Waals surface area contributed by atoms with Crippen LogP contribution < -0.4 is 5.73 Å². The van der Waals surface area contributed by atoms with Crippen LogP contribution >= 0.6 is 0 Å². The Morgan fingerprint density at radius 1 is 1.53 bits per heavy atom. The van der Waals surface area contributed by atoms with Crippen molar-refractivity contribution in [2.24, 2.45) is 5.73 Å². The first-order chi connectivity index (χ1) is 7.93. The molecular weight excluding hydrogens is 232 g/mol. The molecule has 96 valence electrons. The summed E-state index contributed by atoms with van der Waals surface area (Å²) in [4.78, 5) is 12.8. The van der Waals surface area contributed by atoms with E-state index in [-0.39, 0.29) is 6.54 Å². The number of halogens is 2. The summed E-state index contributed by atoms with van der Waals surface area (Å²) in [7, 11) is 3.76. The number of alkyl halides is 2. The molecule has 0 saturated heterocycles. The number of nitrogens with two attached hydrogens (primary N) is 1. The summed E-state index contributed by atoms with van der Waals surface area (Å²) < 4.78 is 26.5. The lowest BCUT2D eigenvalue weighted by Gasteiger charge is -2.10. The Balaban J connectivity index is 2.81. The van der Waals surface area contributed by atoms with Crippen molar-refractivity contribution in [2.75, 3.05) is 20.6 Å². The molecule has 0 aliphatic rings. The van der Waals surface area contributed by atoms with Crippen LogP contribution in [0.1, 0.15) is 29.0 Å². The van der Waals surface area contributed by atoms with Crippen LogP contribution in [0.3, 0.4) is 0 Å². The lowest BCUT2D eigenvalue weighted by Crippen LogP contribution is -2.18. The molecule has 17 heavy (non-hydrogen) atoms. The molecule has 1 amide bonds. The standard InChI is InChI=1S/C9H15F2N5O/c1-15(2)4-3-5-16-7(8(10)11)6(9(12)17)13-14-16/h8H,3-5H2,1-2H3,(H2,12,17). The molecule has 0 unspecified atom stereocenters. The van der Waals surface area contributed by atoms with E-state index >= 15 is 0 Å². The first-order valence-corrected chi connectivity index (χ1v) is 5.09. The van der Waals surface area contributed by atoms with Gasteiger partial charge in [-0.05, 0) is 27.1 Å². The summed E-state index contributed by atoms with van der Waals surface area (Å²) >= 11 is 0. The third-order valence-electron chi connectivity index (χ3n) is 2.19. The van der Waals surface area contributed by atoms with E-state index in [9.17, 15) is 13.6 Å². The van der Waals surface area contributed by atoms with Crippen LogP contribution in [0.4, 0.5) is 8.78 Å². The second-order valence-electron chi connectivity index (χ2n) is 3.87. The lowest BCUT2D eigenvalue weighted by atomic mass is 10.3. The highest BCUT2D eigenvalue weighted by Crippen LogP contribution is 2.21. The van der Waals surface area contributed by atoms with Gasteiger partial charge < -0.3 is 10.6 Å². The summed E-state index contributed by atoms with van der Waals surface area (Å²) in [5, 5.41) is 6.90. The van der Waals surface area contributed by atoms with Crippen molar-refractivity contribution in [2.45, 2.75) is 19.4 Å². The van der Waals surface area contributed by atoms with Crippen molar-refractivity contribution >= 4 is 5.91 Å². The molecular formula is C9H15F2N5O. The number of aromatic nitrogens is 3. The van der Waals surface area contributed by atoms with Crippen molar-refractivity contribution in [3.8, 4) is 0 Å². The Hall–Kier alpha value is -1.57. The predicted molar refractivity (Wildman–Crippen MR) is 56.7 cm³/mol. The molecule has 2 N–H and O–H groups in total. The zero-order valence-corrected chi connectivity index (χ0v) is 9.73. The molecule has 0 spiro atoms. The molecule has 0 aliphatic heterocycles. The molecule has 1 aromatic heterocycles. The third-order valence-corrected chi connectivity index (χ3v) is 2.19. The lowest BCUT2D eigenvalue weighted by molar-refractivity contribution is 0.0976. The van der Waals surface area contributed by atoms with Crippen LogP contribution in [-0.2, 0) is 6.54 Å². The van der Waals surface area contributed by atoms with Gasteiger partial charge in [0.25, 0.3) is 12.3 Å². The number of nitrogens with zero attached hydrogens (tertiary/aromatic N) is 4. The zero-order valence-electron chi connectivity index (χ0n) is 9.73. The fourth-order valence-corrected chi connectivity index (χ4v) is 1.41. The molecule has 0 aromatic carbocycles. The molecule has 1 aromatic rings. The van der Waals surface area contributed by atoms with Gasteiger partial charge in [0.05, 0.1) is 0 Å². The number of hydrogen-bond donors (Lipinski definition) is 1. The van der Waals surface area contributed by atoms with Gasteiger partial charge in [-0.3, -0.25) is 4.79 Å². The molecule has 1 rings (SSSR count). The molecule has 8 heteroatoms. The average Bonchev–Trinajstić information content (AvgIpc) is 2.61. The number of primary amides is 1. The molecule has 0 aliphatic carbocycles. The Labute approximate surface area is 97.4 Å². The first-order valence-electron chi connectivity index (χ1n) is 5.09. The van der Waals surface area contributed by atoms with E-state index in [1.807, 2.05) is 19.0 Å². The van der Waals surface area contributed by atoms with Gasteiger partial charge in [0.1, 0.15) is 5.69 Å². The van der Waals surface area contributed by atoms with Gasteiger partial charge in [-0.25, -0.2) is 13.5 Å². The minimum atomic E-state index is -2.81. The predicted octanol–water partition coefficient (Wildman–Crippen LogP) is 0.266. The maximum absolute atomic E-state index is 12.7. The molecule has 0 bridgehead atoms. The van der Waals surface area contributed by atoms with E-state index in [2.05, 4.69) is 10.3 Å². The Morgan fingerprint density at radius 3 is 2.65 bits per heavy atom. The number of hydrogen-bond acceptors (Lipinski definition) is 4. The second kappa shape index (κ2) is 5.67. The first kappa shape index (κ1) is 13.5. The Kier molecular flexibility index (Phi) is 4.50. The minimum absolute atomic E-state index is 0.276. The maximum atomic E-state index is 12.7. The molecule has 0 saturated carbocycles. The normalized spacial score (nSPS) is 11.4. The van der Waals surface area contributed by atoms with Gasteiger partial charge in [0, 0.05) is 6.54 Å². The summed E-state index contributed by atoms with van der Waals surface area (Å²) in [5.74, 6) is -0.987. The molecule has 0 fully saturated rings. The average molecular weight is 247 g/mol. The van der Waals surface area contributed by atoms with Gasteiger partial charge in [-0.15, -0.1) is 5.10 Å². The van der Waals surface area contributed by atoms with Crippen molar-refractivity contribution in [3.05, 3.63) is 11.4 Å². The van der Waals surface area contributed by atoms with Gasteiger partial charge in [-0.1, -0.05) is 5.21 Å². The molecule has 0 radical (unpaired) electrons. The van der Waals surface area contributed by atoms with Crippen molar-refractivity contribution in [1.82, 2.24) is 19.9 Å². The van der Waals surface area contributed by atoms with Crippen LogP contribution in [0.5, 0.6) is 0 Å². The number of carbonyl (C=O) groups excluding carboxylic acids is 1. The number of amides is 1. The van der Waals surface area contributed by atoms with Crippen LogP contribution in [0, 0.1) is 0 Å². The van der Waals surface area contributed by atoms with Gasteiger partial charge in [0.15, 0.2) is 5.69 Å². The minimum Gasteiger partial charge on any atom is -0.364 e. The fraction of sp³-hybridized carbons (Fsp3) is 0.667. The van der Waals surface area contributed by atoms with E-state index in [0.29, 0.717) is 6.42 Å². The molecule has 6 nitrogen and oxygen atoms in total. The van der Waals surface area contributed by atoms with Gasteiger partial charge in [0.2, 0.25) is 0 Å². The van der Waals surface area contributed by atoms with Crippen molar-refractivity contribution in [1.29, 1.82) is 0 Å². The fourth-order valence-electron chi connectivity index (χ4n) is 1.41. The van der Waals surface area contributed by atoms with Crippen LogP contribution in [0.25, 0.3) is 0 Å². The van der Waals surface area contributed by atoms with E-state index < -0.39 is 23.7 Å². The van der Waals surface area contributed by atoms with Crippen LogP contribution in [-0.4, -0.2) is 46.4 Å². The number of rotatable bonds is 6. The maximum Gasteiger partial charge on any atom is 0.282 e. The Morgan fingerprint density at radius 2 is 2.18 bits per heavy atom. The summed E-state index contributed by atoms with van der Waals surface area (Å²) in [5.41, 5.74) is 3.99. The smallest absolute Gasteiger partial charge is 0.282 e. The largest absolute Gasteiger partial charge is 0.364 e. The van der Waals surface area contributed by atoms with Gasteiger partial charge >= 0.3 is 0 Å². The van der Waals surface area contributed by atoms with Crippen LogP contribution in [0.15, 0.2) is 0 Å². The third kappa shape index (κ3) is 3.45. The highest BCUT2D eigenvalue weighted by molar-refractivity contribution is 5.91. The topological polar surface area (TPSA) is 77.0 Å². The zero-order chi connectivity index (χ0) is 13.0. The molecule has 1 heterocycles. The quantitative estimate of drug-likeness (QED) is 0.782.